The van der Waals surface area contributed by atoms with Crippen molar-refractivity contribution in [1.29, 1.82) is 0 Å². The van der Waals surface area contributed by atoms with E-state index in [9.17, 15) is 4.79 Å². The molecule has 0 saturated heterocycles. The molecule has 0 aliphatic heterocycles. The van der Waals surface area contributed by atoms with Gasteiger partial charge in [0, 0.05) is 25.8 Å². The van der Waals surface area contributed by atoms with Crippen LogP contribution in [0.1, 0.15) is 19.4 Å². The molecule has 0 aromatic heterocycles. The standard InChI is InChI=1S/C14H20N4O2S/c1-10(9-20-3)16-14(21)18-15-8-12-4-6-13(7-5-12)17-11(2)19/h4-8,10H,9H2,1-3H3,(H,17,19)(H2,16,18,21)/b15-8-/t10-/m0/s1. The second kappa shape index (κ2) is 9.04. The molecule has 0 aliphatic rings. The highest BCUT2D eigenvalue weighted by Crippen LogP contribution is 2.07. The van der Waals surface area contributed by atoms with Crippen molar-refractivity contribution >= 4 is 35.1 Å². The Balaban J connectivity index is 2.42. The van der Waals surface area contributed by atoms with Crippen LogP contribution in [0.5, 0.6) is 0 Å². The molecule has 6 nitrogen and oxygen atoms in total. The molecule has 1 atom stereocenters. The van der Waals surface area contributed by atoms with Crippen LogP contribution in [0.3, 0.4) is 0 Å². The van der Waals surface area contributed by atoms with Crippen molar-refractivity contribution in [2.24, 2.45) is 5.10 Å². The third-order valence-electron chi connectivity index (χ3n) is 2.40. The summed E-state index contributed by atoms with van der Waals surface area (Å²) in [5, 5.41) is 10.2. The zero-order valence-corrected chi connectivity index (χ0v) is 13.2. The first-order valence-corrected chi connectivity index (χ1v) is 6.88. The molecule has 0 spiro atoms. The maximum Gasteiger partial charge on any atom is 0.221 e. The van der Waals surface area contributed by atoms with Crippen LogP contribution in [0.2, 0.25) is 0 Å². The summed E-state index contributed by atoms with van der Waals surface area (Å²) < 4.78 is 5.00. The van der Waals surface area contributed by atoms with Crippen molar-refractivity contribution in [1.82, 2.24) is 10.7 Å². The van der Waals surface area contributed by atoms with Gasteiger partial charge >= 0.3 is 0 Å². The number of nitrogens with zero attached hydrogens (tertiary/aromatic N) is 1. The molecule has 0 heterocycles. The maximum atomic E-state index is 10.9. The van der Waals surface area contributed by atoms with Gasteiger partial charge in [0.15, 0.2) is 5.11 Å². The topological polar surface area (TPSA) is 74.8 Å². The maximum absolute atomic E-state index is 10.9. The van der Waals surface area contributed by atoms with Gasteiger partial charge in [-0.1, -0.05) is 12.1 Å². The average molecular weight is 308 g/mol. The number of rotatable bonds is 6. The number of carbonyl (C=O) groups is 1. The highest BCUT2D eigenvalue weighted by Gasteiger charge is 2.01. The summed E-state index contributed by atoms with van der Waals surface area (Å²) in [5.74, 6) is -0.0975. The highest BCUT2D eigenvalue weighted by molar-refractivity contribution is 7.80. The second-order valence-corrected chi connectivity index (χ2v) is 4.91. The Bertz CT molecular complexity index is 502. The number of anilines is 1. The van der Waals surface area contributed by atoms with Crippen molar-refractivity contribution in [3.63, 3.8) is 0 Å². The number of amides is 1. The van der Waals surface area contributed by atoms with E-state index in [4.69, 9.17) is 17.0 Å². The minimum atomic E-state index is -0.0975. The zero-order valence-electron chi connectivity index (χ0n) is 12.3. The van der Waals surface area contributed by atoms with Gasteiger partial charge in [-0.25, -0.2) is 0 Å². The van der Waals surface area contributed by atoms with E-state index >= 15 is 0 Å². The summed E-state index contributed by atoms with van der Waals surface area (Å²) in [7, 11) is 1.64. The number of hydrogen-bond donors (Lipinski definition) is 3. The second-order valence-electron chi connectivity index (χ2n) is 4.50. The average Bonchev–Trinajstić information content (AvgIpc) is 2.40. The Morgan fingerprint density at radius 3 is 2.67 bits per heavy atom. The summed E-state index contributed by atoms with van der Waals surface area (Å²) in [6.07, 6.45) is 1.65. The summed E-state index contributed by atoms with van der Waals surface area (Å²) in [6.45, 7) is 4.00. The van der Waals surface area contributed by atoms with Crippen molar-refractivity contribution in [2.45, 2.75) is 19.9 Å². The van der Waals surface area contributed by atoms with Crippen LogP contribution in [0.15, 0.2) is 29.4 Å². The molecule has 0 aliphatic carbocycles. The van der Waals surface area contributed by atoms with E-state index in [1.165, 1.54) is 6.92 Å². The normalized spacial score (nSPS) is 12.0. The Morgan fingerprint density at radius 1 is 1.43 bits per heavy atom. The summed E-state index contributed by atoms with van der Waals surface area (Å²) in [6, 6.07) is 7.42. The monoisotopic (exact) mass is 308 g/mol. The number of ether oxygens (including phenoxy) is 1. The predicted octanol–water partition coefficient (Wildman–Crippen LogP) is 1.48. The van der Waals surface area contributed by atoms with E-state index in [1.54, 1.807) is 25.5 Å². The van der Waals surface area contributed by atoms with Crippen LogP contribution in [0.4, 0.5) is 5.69 Å². The molecule has 7 heteroatoms. The number of nitrogens with one attached hydrogen (secondary N) is 3. The molecular formula is C14H20N4O2S. The lowest BCUT2D eigenvalue weighted by atomic mass is 10.2. The van der Waals surface area contributed by atoms with Crippen molar-refractivity contribution in [3.05, 3.63) is 29.8 Å². The molecule has 1 amide bonds. The minimum absolute atomic E-state index is 0.0975. The number of hydrogen-bond acceptors (Lipinski definition) is 4. The third-order valence-corrected chi connectivity index (χ3v) is 2.61. The Labute approximate surface area is 129 Å². The van der Waals surface area contributed by atoms with Crippen LogP contribution < -0.4 is 16.1 Å². The van der Waals surface area contributed by atoms with Gasteiger partial charge in [-0.15, -0.1) is 0 Å². The molecular weight excluding hydrogens is 288 g/mol. The lowest BCUT2D eigenvalue weighted by molar-refractivity contribution is -0.114. The van der Waals surface area contributed by atoms with Gasteiger partial charge in [0.25, 0.3) is 0 Å². The van der Waals surface area contributed by atoms with E-state index in [-0.39, 0.29) is 11.9 Å². The molecule has 0 fully saturated rings. The van der Waals surface area contributed by atoms with Gasteiger partial charge in [-0.05, 0) is 36.8 Å². The molecule has 0 saturated carbocycles. The molecule has 0 bridgehead atoms. The number of methoxy groups -OCH3 is 1. The quantitative estimate of drug-likeness (QED) is 0.422. The molecule has 3 N–H and O–H groups in total. The van der Waals surface area contributed by atoms with E-state index in [0.717, 1.165) is 11.3 Å². The van der Waals surface area contributed by atoms with Crippen LogP contribution in [0.25, 0.3) is 0 Å². The lowest BCUT2D eigenvalue weighted by Gasteiger charge is -2.13. The fourth-order valence-corrected chi connectivity index (χ4v) is 1.82. The van der Waals surface area contributed by atoms with E-state index in [1.807, 2.05) is 19.1 Å². The van der Waals surface area contributed by atoms with Crippen molar-refractivity contribution in [2.75, 3.05) is 19.0 Å². The first kappa shape index (κ1) is 17.1. The van der Waals surface area contributed by atoms with Crippen LogP contribution in [-0.4, -0.2) is 37.0 Å². The molecule has 114 valence electrons. The molecule has 1 aromatic carbocycles. The van der Waals surface area contributed by atoms with Gasteiger partial charge in [0.1, 0.15) is 0 Å². The number of hydrazone groups is 1. The summed E-state index contributed by atoms with van der Waals surface area (Å²) >= 11 is 5.09. The molecule has 21 heavy (non-hydrogen) atoms. The van der Waals surface area contributed by atoms with E-state index in [2.05, 4.69) is 21.2 Å². The largest absolute Gasteiger partial charge is 0.383 e. The van der Waals surface area contributed by atoms with Crippen molar-refractivity contribution < 1.29 is 9.53 Å². The van der Waals surface area contributed by atoms with Crippen LogP contribution >= 0.6 is 12.2 Å². The summed E-state index contributed by atoms with van der Waals surface area (Å²) in [5.41, 5.74) is 4.37. The highest BCUT2D eigenvalue weighted by atomic mass is 32.1. The van der Waals surface area contributed by atoms with Gasteiger partial charge in [0.2, 0.25) is 5.91 Å². The Hall–Kier alpha value is -1.99. The number of carbonyl (C=O) groups excluding carboxylic acids is 1. The smallest absolute Gasteiger partial charge is 0.221 e. The number of benzene rings is 1. The SMILES string of the molecule is COC[C@H](C)NC(=S)N/N=C\c1ccc(NC(C)=O)cc1. The molecule has 1 aromatic rings. The molecule has 1 rings (SSSR count). The van der Waals surface area contributed by atoms with Gasteiger partial charge in [0.05, 0.1) is 12.8 Å². The first-order valence-electron chi connectivity index (χ1n) is 6.47. The predicted molar refractivity (Wildman–Crippen MR) is 88.5 cm³/mol. The number of thiocarbonyl (C=S) groups is 1. The van der Waals surface area contributed by atoms with E-state index < -0.39 is 0 Å². The Morgan fingerprint density at radius 2 is 2.10 bits per heavy atom. The van der Waals surface area contributed by atoms with Gasteiger partial charge < -0.3 is 15.4 Å². The Kier molecular flexibility index (Phi) is 7.34. The van der Waals surface area contributed by atoms with Crippen molar-refractivity contribution in [3.8, 4) is 0 Å². The fraction of sp³-hybridized carbons (Fsp3) is 0.357. The summed E-state index contributed by atoms with van der Waals surface area (Å²) in [4.78, 5) is 10.9. The third kappa shape index (κ3) is 7.38. The first-order chi connectivity index (χ1) is 10.0. The van der Waals surface area contributed by atoms with Crippen LogP contribution in [0, 0.1) is 0 Å². The molecule has 0 unspecified atom stereocenters. The van der Waals surface area contributed by atoms with Gasteiger partial charge in [-0.2, -0.15) is 5.10 Å². The van der Waals surface area contributed by atoms with E-state index in [0.29, 0.717) is 11.7 Å². The van der Waals surface area contributed by atoms with Crippen LogP contribution in [-0.2, 0) is 9.53 Å². The minimum Gasteiger partial charge on any atom is -0.383 e. The molecule has 0 radical (unpaired) electrons. The zero-order chi connectivity index (χ0) is 15.7. The fourth-order valence-electron chi connectivity index (χ4n) is 1.57. The van der Waals surface area contributed by atoms with Gasteiger partial charge in [-0.3, -0.25) is 10.2 Å². The lowest BCUT2D eigenvalue weighted by Crippen LogP contribution is -2.40.